The van der Waals surface area contributed by atoms with Crippen LogP contribution < -0.4 is 5.73 Å². The molecular formula is C8H19NO2. The van der Waals surface area contributed by atoms with Crippen LogP contribution in [0.4, 0.5) is 0 Å². The van der Waals surface area contributed by atoms with Gasteiger partial charge in [-0.3, -0.25) is 0 Å². The Labute approximate surface area is 68.9 Å². The summed E-state index contributed by atoms with van der Waals surface area (Å²) in [6.07, 6.45) is 2.95. The van der Waals surface area contributed by atoms with E-state index in [9.17, 15) is 0 Å². The predicted octanol–water partition coefficient (Wildman–Crippen LogP) is 1.12. The Morgan fingerprint density at radius 1 is 1.18 bits per heavy atom. The van der Waals surface area contributed by atoms with Gasteiger partial charge in [-0.05, 0) is 26.2 Å². The maximum Gasteiger partial charge on any atom is 0.156 e. The second-order valence-electron chi connectivity index (χ2n) is 2.81. The van der Waals surface area contributed by atoms with Crippen molar-refractivity contribution in [3.63, 3.8) is 0 Å². The molecule has 0 radical (unpaired) electrons. The van der Waals surface area contributed by atoms with Crippen molar-refractivity contribution in [3.05, 3.63) is 0 Å². The molecule has 0 aromatic heterocycles. The summed E-state index contributed by atoms with van der Waals surface area (Å²) in [4.78, 5) is 0. The molecule has 0 aliphatic rings. The zero-order valence-electron chi connectivity index (χ0n) is 7.67. The first-order chi connectivity index (χ1) is 5.20. The highest BCUT2D eigenvalue weighted by Crippen LogP contribution is 2.05. The van der Waals surface area contributed by atoms with Crippen LogP contribution in [0.3, 0.4) is 0 Å². The van der Waals surface area contributed by atoms with Crippen LogP contribution in [-0.4, -0.2) is 26.6 Å². The van der Waals surface area contributed by atoms with E-state index < -0.39 is 0 Å². The van der Waals surface area contributed by atoms with Crippen molar-refractivity contribution in [3.8, 4) is 0 Å². The first-order valence-electron chi connectivity index (χ1n) is 4.02. The largest absolute Gasteiger partial charge is 0.356 e. The number of hydrogen-bond donors (Lipinski definition) is 1. The minimum absolute atomic E-state index is 0.0613. The van der Waals surface area contributed by atoms with Crippen molar-refractivity contribution in [1.29, 1.82) is 0 Å². The summed E-state index contributed by atoms with van der Waals surface area (Å²) in [7, 11) is 3.31. The summed E-state index contributed by atoms with van der Waals surface area (Å²) in [6, 6.07) is 0.282. The number of nitrogens with two attached hydrogens (primary N) is 1. The molecule has 1 atom stereocenters. The smallest absolute Gasteiger partial charge is 0.156 e. The van der Waals surface area contributed by atoms with Gasteiger partial charge >= 0.3 is 0 Å². The molecule has 0 saturated carbocycles. The molecule has 0 rings (SSSR count). The summed E-state index contributed by atoms with van der Waals surface area (Å²) in [5.41, 5.74) is 5.58. The van der Waals surface area contributed by atoms with E-state index in [0.717, 1.165) is 19.3 Å². The maximum atomic E-state index is 5.58. The first kappa shape index (κ1) is 10.9. The second kappa shape index (κ2) is 6.58. The third-order valence-electron chi connectivity index (χ3n) is 1.63. The third kappa shape index (κ3) is 6.28. The van der Waals surface area contributed by atoms with E-state index >= 15 is 0 Å². The summed E-state index contributed by atoms with van der Waals surface area (Å²) in [5.74, 6) is 0. The van der Waals surface area contributed by atoms with Crippen LogP contribution in [0, 0.1) is 0 Å². The lowest BCUT2D eigenvalue weighted by molar-refractivity contribution is -0.107. The van der Waals surface area contributed by atoms with Gasteiger partial charge < -0.3 is 15.2 Å². The summed E-state index contributed by atoms with van der Waals surface area (Å²) in [6.45, 7) is 2.01. The predicted molar refractivity (Wildman–Crippen MR) is 45.3 cm³/mol. The summed E-state index contributed by atoms with van der Waals surface area (Å²) >= 11 is 0. The Morgan fingerprint density at radius 3 is 2.09 bits per heavy atom. The average molecular weight is 161 g/mol. The molecule has 68 valence electrons. The third-order valence-corrected chi connectivity index (χ3v) is 1.63. The number of ether oxygens (including phenoxy) is 2. The monoisotopic (exact) mass is 161 g/mol. The van der Waals surface area contributed by atoms with Crippen LogP contribution in [0.5, 0.6) is 0 Å². The fourth-order valence-corrected chi connectivity index (χ4v) is 0.938. The summed E-state index contributed by atoms with van der Waals surface area (Å²) in [5, 5.41) is 0. The topological polar surface area (TPSA) is 44.5 Å². The van der Waals surface area contributed by atoms with E-state index in [0.29, 0.717) is 0 Å². The Morgan fingerprint density at radius 2 is 1.73 bits per heavy atom. The molecule has 0 spiro atoms. The van der Waals surface area contributed by atoms with Crippen molar-refractivity contribution < 1.29 is 9.47 Å². The lowest BCUT2D eigenvalue weighted by Crippen LogP contribution is -2.17. The molecule has 0 bridgehead atoms. The highest BCUT2D eigenvalue weighted by molar-refractivity contribution is 4.54. The van der Waals surface area contributed by atoms with E-state index in [4.69, 9.17) is 15.2 Å². The molecule has 0 aromatic rings. The van der Waals surface area contributed by atoms with Crippen LogP contribution in [0.1, 0.15) is 26.2 Å². The molecule has 0 aromatic carbocycles. The summed E-state index contributed by atoms with van der Waals surface area (Å²) < 4.78 is 10.0. The molecule has 0 aliphatic carbocycles. The van der Waals surface area contributed by atoms with E-state index in [1.165, 1.54) is 0 Å². The van der Waals surface area contributed by atoms with Gasteiger partial charge in [0.15, 0.2) is 6.29 Å². The maximum absolute atomic E-state index is 5.58. The van der Waals surface area contributed by atoms with Gasteiger partial charge in [0.05, 0.1) is 0 Å². The lowest BCUT2D eigenvalue weighted by Gasteiger charge is -2.13. The van der Waals surface area contributed by atoms with Crippen molar-refractivity contribution in [2.45, 2.75) is 38.5 Å². The van der Waals surface area contributed by atoms with E-state index in [-0.39, 0.29) is 12.3 Å². The Bertz CT molecular complexity index is 82.2. The van der Waals surface area contributed by atoms with Gasteiger partial charge in [-0.1, -0.05) is 0 Å². The van der Waals surface area contributed by atoms with Crippen molar-refractivity contribution in [2.24, 2.45) is 5.73 Å². The van der Waals surface area contributed by atoms with Crippen molar-refractivity contribution in [1.82, 2.24) is 0 Å². The quantitative estimate of drug-likeness (QED) is 0.594. The molecule has 0 fully saturated rings. The van der Waals surface area contributed by atoms with Crippen molar-refractivity contribution >= 4 is 0 Å². The zero-order chi connectivity index (χ0) is 8.69. The van der Waals surface area contributed by atoms with Crippen LogP contribution in [0.2, 0.25) is 0 Å². The molecule has 2 N–H and O–H groups in total. The molecule has 0 amide bonds. The molecule has 0 unspecified atom stereocenters. The van der Waals surface area contributed by atoms with E-state index in [1.54, 1.807) is 14.2 Å². The Balaban J connectivity index is 3.21. The minimum Gasteiger partial charge on any atom is -0.356 e. The van der Waals surface area contributed by atoms with Gasteiger partial charge in [-0.25, -0.2) is 0 Å². The van der Waals surface area contributed by atoms with Crippen LogP contribution in [-0.2, 0) is 9.47 Å². The van der Waals surface area contributed by atoms with Crippen LogP contribution in [0.25, 0.3) is 0 Å². The van der Waals surface area contributed by atoms with Crippen LogP contribution >= 0.6 is 0 Å². The molecule has 11 heavy (non-hydrogen) atoms. The lowest BCUT2D eigenvalue weighted by atomic mass is 10.1. The van der Waals surface area contributed by atoms with E-state index in [1.807, 2.05) is 6.92 Å². The highest BCUT2D eigenvalue weighted by atomic mass is 16.7. The SMILES string of the molecule is COC(CCC[C@@H](C)N)OC. The van der Waals surface area contributed by atoms with Gasteiger partial charge in [0.25, 0.3) is 0 Å². The minimum atomic E-state index is -0.0613. The molecule has 3 nitrogen and oxygen atoms in total. The normalized spacial score (nSPS) is 13.9. The van der Waals surface area contributed by atoms with Gasteiger partial charge in [0, 0.05) is 20.3 Å². The molecule has 0 heterocycles. The van der Waals surface area contributed by atoms with Gasteiger partial charge in [-0.2, -0.15) is 0 Å². The zero-order valence-corrected chi connectivity index (χ0v) is 7.67. The highest BCUT2D eigenvalue weighted by Gasteiger charge is 2.04. The Kier molecular flexibility index (Phi) is 6.51. The molecule has 0 aliphatic heterocycles. The number of rotatable bonds is 6. The number of hydrogen-bond acceptors (Lipinski definition) is 3. The molecular weight excluding hydrogens is 142 g/mol. The van der Waals surface area contributed by atoms with E-state index in [2.05, 4.69) is 0 Å². The van der Waals surface area contributed by atoms with Gasteiger partial charge in [0.2, 0.25) is 0 Å². The van der Waals surface area contributed by atoms with Gasteiger partial charge in [-0.15, -0.1) is 0 Å². The Hall–Kier alpha value is -0.120. The molecule has 0 saturated heterocycles. The average Bonchev–Trinajstić information content (AvgIpc) is 1.98. The van der Waals surface area contributed by atoms with Crippen LogP contribution in [0.15, 0.2) is 0 Å². The fraction of sp³-hybridized carbons (Fsp3) is 1.00. The number of methoxy groups -OCH3 is 2. The van der Waals surface area contributed by atoms with Crippen molar-refractivity contribution in [2.75, 3.05) is 14.2 Å². The first-order valence-corrected chi connectivity index (χ1v) is 4.02. The fourth-order valence-electron chi connectivity index (χ4n) is 0.938. The molecule has 3 heteroatoms. The second-order valence-corrected chi connectivity index (χ2v) is 2.81. The van der Waals surface area contributed by atoms with Gasteiger partial charge in [0.1, 0.15) is 0 Å². The standard InChI is InChI=1S/C8H19NO2/c1-7(9)5-4-6-8(10-2)11-3/h7-8H,4-6,9H2,1-3H3/t7-/m1/s1.